The molecule has 5 nitrogen and oxygen atoms in total. The fraction of sp³-hybridized carbons (Fsp3) is 0.556. The lowest BCUT2D eigenvalue weighted by Crippen LogP contribution is -2.23. The second-order valence-corrected chi connectivity index (χ2v) is 4.50. The SMILES string of the molecule is Cc1nn(C(C)(C)C)c2n[nH]c(N)c12. The van der Waals surface area contributed by atoms with Gasteiger partial charge in [0.05, 0.1) is 16.6 Å². The highest BCUT2D eigenvalue weighted by Crippen LogP contribution is 2.26. The van der Waals surface area contributed by atoms with E-state index in [1.165, 1.54) is 0 Å². The summed E-state index contributed by atoms with van der Waals surface area (Å²) in [6, 6.07) is 0. The van der Waals surface area contributed by atoms with E-state index in [9.17, 15) is 0 Å². The highest BCUT2D eigenvalue weighted by atomic mass is 15.4. The number of nitrogens with one attached hydrogen (secondary N) is 1. The quantitative estimate of drug-likeness (QED) is 0.664. The molecule has 0 spiro atoms. The zero-order valence-electron chi connectivity index (χ0n) is 8.92. The number of nitrogen functional groups attached to an aromatic ring is 1. The second-order valence-electron chi connectivity index (χ2n) is 4.50. The van der Waals surface area contributed by atoms with Gasteiger partial charge in [-0.05, 0) is 27.7 Å². The normalized spacial score (nSPS) is 12.6. The van der Waals surface area contributed by atoms with Gasteiger partial charge in [-0.15, -0.1) is 0 Å². The minimum atomic E-state index is -0.0753. The Hall–Kier alpha value is -1.52. The van der Waals surface area contributed by atoms with Crippen LogP contribution in [0.5, 0.6) is 0 Å². The van der Waals surface area contributed by atoms with Crippen LogP contribution in [0.1, 0.15) is 26.5 Å². The molecule has 2 aromatic rings. The molecule has 76 valence electrons. The van der Waals surface area contributed by atoms with E-state index in [1.807, 2.05) is 11.6 Å². The molecule has 3 N–H and O–H groups in total. The predicted octanol–water partition coefficient (Wildman–Crippen LogP) is 1.41. The minimum Gasteiger partial charge on any atom is -0.383 e. The molecule has 0 atom stereocenters. The van der Waals surface area contributed by atoms with Gasteiger partial charge >= 0.3 is 0 Å². The summed E-state index contributed by atoms with van der Waals surface area (Å²) < 4.78 is 1.89. The zero-order valence-corrected chi connectivity index (χ0v) is 8.92. The van der Waals surface area contributed by atoms with Crippen LogP contribution in [-0.4, -0.2) is 20.0 Å². The first kappa shape index (κ1) is 9.05. The summed E-state index contributed by atoms with van der Waals surface area (Å²) in [5, 5.41) is 12.3. The van der Waals surface area contributed by atoms with Crippen molar-refractivity contribution in [3.63, 3.8) is 0 Å². The van der Waals surface area contributed by atoms with Crippen molar-refractivity contribution < 1.29 is 0 Å². The van der Waals surface area contributed by atoms with Crippen molar-refractivity contribution >= 4 is 16.9 Å². The van der Waals surface area contributed by atoms with Gasteiger partial charge in [0.15, 0.2) is 5.65 Å². The summed E-state index contributed by atoms with van der Waals surface area (Å²) in [6.45, 7) is 8.20. The Bertz CT molecular complexity index is 471. The smallest absolute Gasteiger partial charge is 0.182 e. The lowest BCUT2D eigenvalue weighted by Gasteiger charge is -2.18. The van der Waals surface area contributed by atoms with Gasteiger partial charge < -0.3 is 5.73 Å². The molecule has 2 aromatic heterocycles. The first-order valence-corrected chi connectivity index (χ1v) is 4.61. The summed E-state index contributed by atoms with van der Waals surface area (Å²) in [7, 11) is 0. The van der Waals surface area contributed by atoms with Gasteiger partial charge in [-0.1, -0.05) is 0 Å². The molecule has 0 radical (unpaired) electrons. The molecule has 0 aliphatic rings. The van der Waals surface area contributed by atoms with Crippen LogP contribution in [0.3, 0.4) is 0 Å². The zero-order chi connectivity index (χ0) is 10.5. The lowest BCUT2D eigenvalue weighted by atomic mass is 10.1. The molecule has 0 saturated heterocycles. The van der Waals surface area contributed by atoms with E-state index < -0.39 is 0 Å². The van der Waals surface area contributed by atoms with Crippen LogP contribution in [0.4, 0.5) is 5.82 Å². The molecule has 5 heteroatoms. The van der Waals surface area contributed by atoms with Crippen LogP contribution in [0.2, 0.25) is 0 Å². The molecule has 0 amide bonds. The standard InChI is InChI=1S/C9H15N5/c1-5-6-7(10)11-12-8(6)14(13-5)9(2,3)4/h1-4H3,(H3,10,11,12). The summed E-state index contributed by atoms with van der Waals surface area (Å²) in [6.07, 6.45) is 0. The van der Waals surface area contributed by atoms with Gasteiger partial charge in [-0.2, -0.15) is 10.2 Å². The Kier molecular flexibility index (Phi) is 1.61. The van der Waals surface area contributed by atoms with Gasteiger partial charge in [0.2, 0.25) is 0 Å². The number of aromatic amines is 1. The number of hydrogen-bond donors (Lipinski definition) is 2. The van der Waals surface area contributed by atoms with Crippen molar-refractivity contribution in [2.75, 3.05) is 5.73 Å². The van der Waals surface area contributed by atoms with Crippen molar-refractivity contribution in [3.8, 4) is 0 Å². The molecule has 2 rings (SSSR count). The molecule has 2 heterocycles. The molecule has 14 heavy (non-hydrogen) atoms. The third-order valence-corrected chi connectivity index (χ3v) is 2.22. The molecule has 0 fully saturated rings. The predicted molar refractivity (Wildman–Crippen MR) is 56.0 cm³/mol. The highest BCUT2D eigenvalue weighted by Gasteiger charge is 2.21. The van der Waals surface area contributed by atoms with Crippen LogP contribution >= 0.6 is 0 Å². The van der Waals surface area contributed by atoms with Gasteiger partial charge in [-0.3, -0.25) is 5.10 Å². The third kappa shape index (κ3) is 1.08. The van der Waals surface area contributed by atoms with Crippen LogP contribution in [0.25, 0.3) is 11.0 Å². The van der Waals surface area contributed by atoms with E-state index in [0.29, 0.717) is 5.82 Å². The molecular formula is C9H15N5. The number of rotatable bonds is 0. The number of fused-ring (bicyclic) bond motifs is 1. The van der Waals surface area contributed by atoms with Crippen molar-refractivity contribution in [2.45, 2.75) is 33.2 Å². The van der Waals surface area contributed by atoms with Gasteiger partial charge in [0, 0.05) is 0 Å². The van der Waals surface area contributed by atoms with Crippen LogP contribution in [0, 0.1) is 6.92 Å². The van der Waals surface area contributed by atoms with E-state index in [-0.39, 0.29) is 5.54 Å². The fourth-order valence-corrected chi connectivity index (χ4v) is 1.57. The number of H-pyrrole nitrogens is 1. The Morgan fingerprint density at radius 3 is 2.57 bits per heavy atom. The topological polar surface area (TPSA) is 72.5 Å². The van der Waals surface area contributed by atoms with Crippen molar-refractivity contribution in [1.82, 2.24) is 20.0 Å². The molecule has 0 bridgehead atoms. The average Bonchev–Trinajstić information content (AvgIpc) is 2.54. The second kappa shape index (κ2) is 2.50. The number of aryl methyl sites for hydroxylation is 1. The lowest BCUT2D eigenvalue weighted by molar-refractivity contribution is 0.363. The van der Waals surface area contributed by atoms with E-state index in [4.69, 9.17) is 5.73 Å². The fourth-order valence-electron chi connectivity index (χ4n) is 1.57. The maximum absolute atomic E-state index is 5.76. The Labute approximate surface area is 82.3 Å². The van der Waals surface area contributed by atoms with Gasteiger partial charge in [0.25, 0.3) is 0 Å². The van der Waals surface area contributed by atoms with Crippen LogP contribution in [0.15, 0.2) is 0 Å². The van der Waals surface area contributed by atoms with Crippen molar-refractivity contribution in [2.24, 2.45) is 0 Å². The minimum absolute atomic E-state index is 0.0753. The van der Waals surface area contributed by atoms with Crippen molar-refractivity contribution in [1.29, 1.82) is 0 Å². The average molecular weight is 193 g/mol. The van der Waals surface area contributed by atoms with E-state index in [0.717, 1.165) is 16.7 Å². The first-order valence-electron chi connectivity index (χ1n) is 4.61. The molecular weight excluding hydrogens is 178 g/mol. The highest BCUT2D eigenvalue weighted by molar-refractivity contribution is 5.88. The maximum atomic E-state index is 5.76. The van der Waals surface area contributed by atoms with Crippen LogP contribution < -0.4 is 5.73 Å². The molecule has 0 unspecified atom stereocenters. The Morgan fingerprint density at radius 1 is 1.36 bits per heavy atom. The monoisotopic (exact) mass is 193 g/mol. The first-order chi connectivity index (χ1) is 6.41. The van der Waals surface area contributed by atoms with Crippen molar-refractivity contribution in [3.05, 3.63) is 5.69 Å². The molecule has 0 aromatic carbocycles. The van der Waals surface area contributed by atoms with Gasteiger partial charge in [0.1, 0.15) is 5.82 Å². The Morgan fingerprint density at radius 2 is 2.00 bits per heavy atom. The number of anilines is 1. The largest absolute Gasteiger partial charge is 0.383 e. The van der Waals surface area contributed by atoms with E-state index in [1.54, 1.807) is 0 Å². The number of nitrogens with two attached hydrogens (primary N) is 1. The summed E-state index contributed by atoms with van der Waals surface area (Å²) in [4.78, 5) is 0. The van der Waals surface area contributed by atoms with E-state index in [2.05, 4.69) is 36.1 Å². The number of hydrogen-bond acceptors (Lipinski definition) is 3. The number of nitrogens with zero attached hydrogens (tertiary/aromatic N) is 3. The molecule has 0 aliphatic carbocycles. The van der Waals surface area contributed by atoms with E-state index >= 15 is 0 Å². The number of aromatic nitrogens is 4. The Balaban J connectivity index is 2.80. The van der Waals surface area contributed by atoms with Crippen LogP contribution in [-0.2, 0) is 5.54 Å². The maximum Gasteiger partial charge on any atom is 0.182 e. The third-order valence-electron chi connectivity index (χ3n) is 2.22. The summed E-state index contributed by atoms with van der Waals surface area (Å²) >= 11 is 0. The molecule has 0 saturated carbocycles. The molecule has 0 aliphatic heterocycles. The summed E-state index contributed by atoms with van der Waals surface area (Å²) in [5.74, 6) is 0.591. The summed E-state index contributed by atoms with van der Waals surface area (Å²) in [5.41, 5.74) is 7.43. The van der Waals surface area contributed by atoms with Gasteiger partial charge in [-0.25, -0.2) is 4.68 Å².